The Kier molecular flexibility index (Phi) is 3.80. The van der Waals surface area contributed by atoms with Gasteiger partial charge >= 0.3 is 0 Å². The van der Waals surface area contributed by atoms with Gasteiger partial charge in [0, 0.05) is 12.2 Å². The second-order valence-electron chi connectivity index (χ2n) is 3.60. The van der Waals surface area contributed by atoms with Gasteiger partial charge in [0.15, 0.2) is 0 Å². The zero-order valence-corrected chi connectivity index (χ0v) is 8.53. The molecule has 13 heavy (non-hydrogen) atoms. The lowest BCUT2D eigenvalue weighted by atomic mass is 10.1. The Morgan fingerprint density at radius 2 is 2.31 bits per heavy atom. The fourth-order valence-corrected chi connectivity index (χ4v) is 1.42. The lowest BCUT2D eigenvalue weighted by Gasteiger charge is -2.10. The van der Waals surface area contributed by atoms with Crippen LogP contribution < -0.4 is 5.73 Å². The van der Waals surface area contributed by atoms with Crippen LogP contribution in [0, 0.1) is 0 Å². The summed E-state index contributed by atoms with van der Waals surface area (Å²) in [7, 11) is 0. The van der Waals surface area contributed by atoms with Crippen molar-refractivity contribution in [2.45, 2.75) is 45.6 Å². The average Bonchev–Trinajstić information content (AvgIpc) is 2.52. The molecule has 1 aromatic rings. The summed E-state index contributed by atoms with van der Waals surface area (Å²) in [6, 6.07) is 0.476. The van der Waals surface area contributed by atoms with Gasteiger partial charge in [-0.2, -0.15) is 5.10 Å². The first-order valence-electron chi connectivity index (χ1n) is 5.03. The highest BCUT2D eigenvalue weighted by Gasteiger charge is 2.04. The van der Waals surface area contributed by atoms with Crippen molar-refractivity contribution in [3.63, 3.8) is 0 Å². The van der Waals surface area contributed by atoms with Crippen molar-refractivity contribution in [2.75, 3.05) is 5.73 Å². The highest BCUT2D eigenvalue weighted by atomic mass is 15.3. The Morgan fingerprint density at radius 1 is 1.54 bits per heavy atom. The van der Waals surface area contributed by atoms with Crippen LogP contribution in [0.25, 0.3) is 0 Å². The molecule has 3 nitrogen and oxygen atoms in total. The Bertz CT molecular complexity index is 242. The van der Waals surface area contributed by atoms with Gasteiger partial charge in [0.2, 0.25) is 0 Å². The minimum atomic E-state index is 0.476. The number of hydrogen-bond donors (Lipinski definition) is 1. The summed E-state index contributed by atoms with van der Waals surface area (Å²) in [5.74, 6) is 0. The van der Waals surface area contributed by atoms with Crippen molar-refractivity contribution in [3.8, 4) is 0 Å². The molecule has 0 spiro atoms. The van der Waals surface area contributed by atoms with Gasteiger partial charge in [-0.3, -0.25) is 4.68 Å². The molecule has 1 rings (SSSR count). The van der Waals surface area contributed by atoms with Gasteiger partial charge in [0.1, 0.15) is 0 Å². The Balaban J connectivity index is 2.35. The van der Waals surface area contributed by atoms with E-state index in [4.69, 9.17) is 5.73 Å². The Hall–Kier alpha value is -0.990. The van der Waals surface area contributed by atoms with Crippen LogP contribution in [0.2, 0.25) is 0 Å². The van der Waals surface area contributed by atoms with Crippen molar-refractivity contribution in [1.29, 1.82) is 0 Å². The molecule has 0 aliphatic carbocycles. The molecule has 1 heterocycles. The van der Waals surface area contributed by atoms with Crippen LogP contribution >= 0.6 is 0 Å². The molecule has 0 fully saturated rings. The zero-order chi connectivity index (χ0) is 9.68. The number of nitrogens with zero attached hydrogens (tertiary/aromatic N) is 2. The second-order valence-corrected chi connectivity index (χ2v) is 3.60. The first-order chi connectivity index (χ1) is 6.24. The Morgan fingerprint density at radius 3 is 2.85 bits per heavy atom. The van der Waals surface area contributed by atoms with Crippen LogP contribution in [0.5, 0.6) is 0 Å². The number of aromatic nitrogens is 2. The summed E-state index contributed by atoms with van der Waals surface area (Å²) < 4.78 is 1.95. The summed E-state index contributed by atoms with van der Waals surface area (Å²) in [6.07, 6.45) is 8.65. The molecule has 0 aliphatic rings. The zero-order valence-electron chi connectivity index (χ0n) is 8.53. The molecule has 0 unspecified atom stereocenters. The van der Waals surface area contributed by atoms with E-state index < -0.39 is 0 Å². The fourth-order valence-electron chi connectivity index (χ4n) is 1.42. The fraction of sp³-hybridized carbons (Fsp3) is 0.700. The molecule has 0 aromatic carbocycles. The summed E-state index contributed by atoms with van der Waals surface area (Å²) in [4.78, 5) is 0. The van der Waals surface area contributed by atoms with Crippen molar-refractivity contribution in [1.82, 2.24) is 9.78 Å². The minimum absolute atomic E-state index is 0.476. The molecule has 0 saturated carbocycles. The number of nitrogen functional groups attached to an aromatic ring is 1. The van der Waals surface area contributed by atoms with E-state index in [1.807, 2.05) is 10.9 Å². The van der Waals surface area contributed by atoms with Crippen LogP contribution in [-0.2, 0) is 0 Å². The average molecular weight is 181 g/mol. The van der Waals surface area contributed by atoms with Gasteiger partial charge in [-0.15, -0.1) is 0 Å². The molecule has 1 atom stereocenters. The molecular formula is C10H19N3. The van der Waals surface area contributed by atoms with Crippen molar-refractivity contribution < 1.29 is 0 Å². The lowest BCUT2D eigenvalue weighted by Crippen LogP contribution is -2.05. The largest absolute Gasteiger partial charge is 0.396 e. The Labute approximate surface area is 79.9 Å². The van der Waals surface area contributed by atoms with E-state index in [0.717, 1.165) is 5.69 Å². The molecule has 2 N–H and O–H groups in total. The molecule has 74 valence electrons. The van der Waals surface area contributed by atoms with E-state index in [2.05, 4.69) is 18.9 Å². The standard InChI is InChI=1S/C10H19N3/c1-3-4-5-6-9(2)13-8-10(11)7-12-13/h7-9H,3-6,11H2,1-2H3/t9-/m1/s1. The van der Waals surface area contributed by atoms with Crippen molar-refractivity contribution in [3.05, 3.63) is 12.4 Å². The monoisotopic (exact) mass is 181 g/mol. The van der Waals surface area contributed by atoms with E-state index in [1.165, 1.54) is 25.7 Å². The summed E-state index contributed by atoms with van der Waals surface area (Å²) in [6.45, 7) is 4.40. The van der Waals surface area contributed by atoms with E-state index in [0.29, 0.717) is 6.04 Å². The van der Waals surface area contributed by atoms with Gasteiger partial charge in [-0.1, -0.05) is 26.2 Å². The first-order valence-corrected chi connectivity index (χ1v) is 5.03. The van der Waals surface area contributed by atoms with Gasteiger partial charge in [-0.25, -0.2) is 0 Å². The summed E-state index contributed by atoms with van der Waals surface area (Å²) in [5, 5.41) is 4.19. The number of unbranched alkanes of at least 4 members (excludes halogenated alkanes) is 2. The molecule has 0 amide bonds. The molecule has 0 radical (unpaired) electrons. The molecule has 0 bridgehead atoms. The van der Waals surface area contributed by atoms with Crippen LogP contribution in [0.1, 0.15) is 45.6 Å². The summed E-state index contributed by atoms with van der Waals surface area (Å²) in [5.41, 5.74) is 6.34. The number of anilines is 1. The number of nitrogens with two attached hydrogens (primary N) is 1. The van der Waals surface area contributed by atoms with Crippen LogP contribution in [0.15, 0.2) is 12.4 Å². The lowest BCUT2D eigenvalue weighted by molar-refractivity contribution is 0.438. The molecule has 3 heteroatoms. The van der Waals surface area contributed by atoms with E-state index in [-0.39, 0.29) is 0 Å². The third-order valence-corrected chi connectivity index (χ3v) is 2.30. The van der Waals surface area contributed by atoms with Crippen molar-refractivity contribution >= 4 is 5.69 Å². The predicted octanol–water partition coefficient (Wildman–Crippen LogP) is 2.61. The van der Waals surface area contributed by atoms with Crippen molar-refractivity contribution in [2.24, 2.45) is 0 Å². The maximum Gasteiger partial charge on any atom is 0.0719 e. The smallest absolute Gasteiger partial charge is 0.0719 e. The maximum absolute atomic E-state index is 5.59. The van der Waals surface area contributed by atoms with Gasteiger partial charge in [0.05, 0.1) is 11.9 Å². The summed E-state index contributed by atoms with van der Waals surface area (Å²) >= 11 is 0. The topological polar surface area (TPSA) is 43.8 Å². The van der Waals surface area contributed by atoms with Crippen LogP contribution in [0.4, 0.5) is 5.69 Å². The third kappa shape index (κ3) is 3.09. The molecule has 0 aliphatic heterocycles. The first kappa shape index (κ1) is 10.1. The minimum Gasteiger partial charge on any atom is -0.396 e. The quantitative estimate of drug-likeness (QED) is 0.709. The highest BCUT2D eigenvalue weighted by molar-refractivity contribution is 5.30. The van der Waals surface area contributed by atoms with E-state index in [9.17, 15) is 0 Å². The van der Waals surface area contributed by atoms with Gasteiger partial charge < -0.3 is 5.73 Å². The number of hydrogen-bond acceptors (Lipinski definition) is 2. The second kappa shape index (κ2) is 4.90. The third-order valence-electron chi connectivity index (χ3n) is 2.30. The molecule has 0 saturated heterocycles. The van der Waals surface area contributed by atoms with E-state index >= 15 is 0 Å². The highest BCUT2D eigenvalue weighted by Crippen LogP contribution is 2.15. The SMILES string of the molecule is CCCCC[C@@H](C)n1cc(N)cn1. The molecule has 1 aromatic heterocycles. The van der Waals surface area contributed by atoms with Gasteiger partial charge in [-0.05, 0) is 13.3 Å². The van der Waals surface area contributed by atoms with Crippen LogP contribution in [-0.4, -0.2) is 9.78 Å². The molecular weight excluding hydrogens is 162 g/mol. The predicted molar refractivity (Wildman–Crippen MR) is 55.5 cm³/mol. The normalized spacial score (nSPS) is 13.1. The maximum atomic E-state index is 5.59. The van der Waals surface area contributed by atoms with Gasteiger partial charge in [0.25, 0.3) is 0 Å². The van der Waals surface area contributed by atoms with Crippen LogP contribution in [0.3, 0.4) is 0 Å². The van der Waals surface area contributed by atoms with E-state index in [1.54, 1.807) is 6.20 Å². The number of rotatable bonds is 5.